The first-order chi connectivity index (χ1) is 8.31. The van der Waals surface area contributed by atoms with E-state index in [1.807, 2.05) is 13.8 Å². The maximum absolute atomic E-state index is 4.27. The van der Waals surface area contributed by atoms with Crippen LogP contribution in [-0.2, 0) is 0 Å². The van der Waals surface area contributed by atoms with E-state index in [9.17, 15) is 0 Å². The fourth-order valence-corrected chi connectivity index (χ4v) is 1.61. The first-order valence-corrected chi connectivity index (χ1v) is 6.71. The largest absolute Gasteiger partial charge is 0.354 e. The minimum Gasteiger partial charge on any atom is -0.354 e. The van der Waals surface area contributed by atoms with Crippen LogP contribution in [-0.4, -0.2) is 26.7 Å². The Kier molecular flexibility index (Phi) is 5.90. The van der Waals surface area contributed by atoms with E-state index < -0.39 is 0 Å². The second kappa shape index (κ2) is 7.21. The smallest absolute Gasteiger partial charge is 0.224 e. The molecule has 5 nitrogen and oxygen atoms in total. The summed E-state index contributed by atoms with van der Waals surface area (Å²) in [4.78, 5) is 8.47. The number of aromatic amines is 1. The fraction of sp³-hybridized carbons (Fsp3) is 0.545. The van der Waals surface area contributed by atoms with Crippen molar-refractivity contribution in [1.29, 1.82) is 0 Å². The van der Waals surface area contributed by atoms with Crippen molar-refractivity contribution in [2.45, 2.75) is 33.6 Å². The topological polar surface area (TPSA) is 66.5 Å². The number of H-pyrrole nitrogens is 1. The lowest BCUT2D eigenvalue weighted by molar-refractivity contribution is 0.827. The Hall–Kier alpha value is -1.17. The van der Waals surface area contributed by atoms with Crippen molar-refractivity contribution < 1.29 is 0 Å². The number of rotatable bonds is 4. The van der Waals surface area contributed by atoms with Crippen molar-refractivity contribution in [2.75, 3.05) is 11.9 Å². The molecule has 17 heavy (non-hydrogen) atoms. The van der Waals surface area contributed by atoms with E-state index in [0.717, 1.165) is 29.4 Å². The number of hydrogen-bond donors (Lipinski definition) is 2. The zero-order chi connectivity index (χ0) is 12.7. The van der Waals surface area contributed by atoms with Crippen LogP contribution in [0.2, 0.25) is 0 Å². The average Bonchev–Trinajstić information content (AvgIpc) is 2.74. The summed E-state index contributed by atoms with van der Waals surface area (Å²) >= 11 is 3.34. The van der Waals surface area contributed by atoms with Gasteiger partial charge in [0.25, 0.3) is 0 Å². The van der Waals surface area contributed by atoms with E-state index in [4.69, 9.17) is 0 Å². The second-order valence-corrected chi connectivity index (χ2v) is 4.04. The van der Waals surface area contributed by atoms with Crippen molar-refractivity contribution in [2.24, 2.45) is 0 Å². The Morgan fingerprint density at radius 1 is 1.41 bits per heavy atom. The van der Waals surface area contributed by atoms with Gasteiger partial charge in [0.1, 0.15) is 4.60 Å². The number of fused-ring (bicyclic) bond motifs is 1. The number of halogens is 1. The van der Waals surface area contributed by atoms with Gasteiger partial charge in [0.2, 0.25) is 5.95 Å². The zero-order valence-corrected chi connectivity index (χ0v) is 12.0. The molecule has 0 bridgehead atoms. The Labute approximate surface area is 110 Å². The summed E-state index contributed by atoms with van der Waals surface area (Å²) in [6, 6.07) is 0. The van der Waals surface area contributed by atoms with E-state index >= 15 is 0 Å². The number of hydrogen-bond acceptors (Lipinski definition) is 4. The fourth-order valence-electron chi connectivity index (χ4n) is 1.24. The summed E-state index contributed by atoms with van der Waals surface area (Å²) in [5.74, 6) is 0.634. The van der Waals surface area contributed by atoms with Crippen molar-refractivity contribution in [3.05, 3.63) is 10.8 Å². The normalized spacial score (nSPS) is 9.88. The lowest BCUT2D eigenvalue weighted by Gasteiger charge is -2.01. The summed E-state index contributed by atoms with van der Waals surface area (Å²) in [5, 5.41) is 10.9. The van der Waals surface area contributed by atoms with Crippen LogP contribution in [0, 0.1) is 0 Å². The Bertz CT molecular complexity index is 454. The molecule has 6 heteroatoms. The molecule has 0 radical (unpaired) electrons. The Morgan fingerprint density at radius 3 is 2.88 bits per heavy atom. The molecule has 0 aliphatic carbocycles. The van der Waals surface area contributed by atoms with Crippen molar-refractivity contribution >= 4 is 32.9 Å². The second-order valence-electron chi connectivity index (χ2n) is 3.25. The van der Waals surface area contributed by atoms with Gasteiger partial charge < -0.3 is 5.32 Å². The van der Waals surface area contributed by atoms with Gasteiger partial charge in [-0.25, -0.2) is 4.98 Å². The first-order valence-electron chi connectivity index (χ1n) is 5.91. The molecule has 0 saturated carbocycles. The lowest BCUT2D eigenvalue weighted by atomic mass is 10.3. The van der Waals surface area contributed by atoms with Crippen LogP contribution in [0.25, 0.3) is 11.0 Å². The number of anilines is 1. The van der Waals surface area contributed by atoms with Crippen LogP contribution < -0.4 is 5.32 Å². The molecule has 2 heterocycles. The van der Waals surface area contributed by atoms with E-state index in [0.29, 0.717) is 11.6 Å². The predicted octanol–water partition coefficient (Wildman–Crippen LogP) is 3.35. The molecule has 0 fully saturated rings. The van der Waals surface area contributed by atoms with E-state index in [1.165, 1.54) is 0 Å². The standard InChI is InChI=1S/C9H12BrN5.C2H6/c1-2-3-4-11-9-12-5-6-7(10)14-15-8(6)13-9;1-2/h5H,2-4H2,1H3,(H2,11,12,13,14,15);1-2H3. The van der Waals surface area contributed by atoms with Gasteiger partial charge >= 0.3 is 0 Å². The van der Waals surface area contributed by atoms with Gasteiger partial charge in [0, 0.05) is 12.7 Å². The Morgan fingerprint density at radius 2 is 2.18 bits per heavy atom. The molecule has 2 N–H and O–H groups in total. The molecule has 0 atom stereocenters. The summed E-state index contributed by atoms with van der Waals surface area (Å²) < 4.78 is 0.817. The molecule has 0 aliphatic heterocycles. The van der Waals surface area contributed by atoms with Gasteiger partial charge in [-0.3, -0.25) is 5.10 Å². The maximum Gasteiger partial charge on any atom is 0.224 e. The SMILES string of the molecule is CC.CCCCNc1ncc2c(Br)[nH]nc2n1. The molecule has 2 aromatic rings. The number of unbranched alkanes of at least 4 members (excludes halogenated alkanes) is 1. The molecule has 0 aromatic carbocycles. The maximum atomic E-state index is 4.27. The van der Waals surface area contributed by atoms with E-state index in [2.05, 4.69) is 48.3 Å². The summed E-state index contributed by atoms with van der Waals surface area (Å²) in [6.07, 6.45) is 4.03. The third-order valence-electron chi connectivity index (χ3n) is 2.08. The third kappa shape index (κ3) is 3.66. The number of aromatic nitrogens is 4. The van der Waals surface area contributed by atoms with Crippen LogP contribution in [0.1, 0.15) is 33.6 Å². The number of nitrogens with zero attached hydrogens (tertiary/aromatic N) is 3. The van der Waals surface area contributed by atoms with Crippen molar-refractivity contribution in [3.8, 4) is 0 Å². The zero-order valence-electron chi connectivity index (χ0n) is 10.4. The summed E-state index contributed by atoms with van der Waals surface area (Å²) in [7, 11) is 0. The monoisotopic (exact) mass is 299 g/mol. The van der Waals surface area contributed by atoms with Crippen molar-refractivity contribution in [3.63, 3.8) is 0 Å². The average molecular weight is 300 g/mol. The molecular formula is C11H18BrN5. The molecule has 0 saturated heterocycles. The highest BCUT2D eigenvalue weighted by atomic mass is 79.9. The molecule has 0 unspecified atom stereocenters. The van der Waals surface area contributed by atoms with Crippen molar-refractivity contribution in [1.82, 2.24) is 20.2 Å². The molecule has 2 aromatic heterocycles. The Balaban J connectivity index is 0.000000686. The van der Waals surface area contributed by atoms with Gasteiger partial charge in [-0.05, 0) is 22.4 Å². The molecular weight excluding hydrogens is 282 g/mol. The quantitative estimate of drug-likeness (QED) is 0.850. The van der Waals surface area contributed by atoms with Gasteiger partial charge in [0.05, 0.1) is 5.39 Å². The van der Waals surface area contributed by atoms with Crippen LogP contribution in [0.4, 0.5) is 5.95 Å². The third-order valence-corrected chi connectivity index (χ3v) is 2.68. The van der Waals surface area contributed by atoms with Crippen LogP contribution in [0.15, 0.2) is 10.8 Å². The summed E-state index contributed by atoms with van der Waals surface area (Å²) in [5.41, 5.74) is 0.677. The highest BCUT2D eigenvalue weighted by Crippen LogP contribution is 2.18. The van der Waals surface area contributed by atoms with Crippen LogP contribution in [0.3, 0.4) is 0 Å². The van der Waals surface area contributed by atoms with Crippen LogP contribution in [0.5, 0.6) is 0 Å². The lowest BCUT2D eigenvalue weighted by Crippen LogP contribution is -2.04. The minimum absolute atomic E-state index is 0.634. The number of nitrogens with one attached hydrogen (secondary N) is 2. The highest BCUT2D eigenvalue weighted by Gasteiger charge is 2.05. The van der Waals surface area contributed by atoms with E-state index in [1.54, 1.807) is 6.20 Å². The van der Waals surface area contributed by atoms with E-state index in [-0.39, 0.29) is 0 Å². The van der Waals surface area contributed by atoms with Gasteiger partial charge in [0.15, 0.2) is 5.65 Å². The predicted molar refractivity (Wildman–Crippen MR) is 74.1 cm³/mol. The molecule has 0 spiro atoms. The van der Waals surface area contributed by atoms with Gasteiger partial charge in [-0.15, -0.1) is 0 Å². The summed E-state index contributed by atoms with van der Waals surface area (Å²) in [6.45, 7) is 7.05. The molecule has 2 rings (SSSR count). The van der Waals surface area contributed by atoms with Gasteiger partial charge in [-0.2, -0.15) is 10.1 Å². The van der Waals surface area contributed by atoms with Crippen LogP contribution >= 0.6 is 15.9 Å². The minimum atomic E-state index is 0.634. The molecule has 0 aliphatic rings. The molecule has 0 amide bonds. The van der Waals surface area contributed by atoms with Gasteiger partial charge in [-0.1, -0.05) is 27.2 Å². The highest BCUT2D eigenvalue weighted by molar-refractivity contribution is 9.10. The molecule has 94 valence electrons. The first kappa shape index (κ1) is 13.9.